The Labute approximate surface area is 190 Å². The van der Waals surface area contributed by atoms with Crippen molar-refractivity contribution in [2.24, 2.45) is 0 Å². The van der Waals surface area contributed by atoms with Gasteiger partial charge in [0.15, 0.2) is 0 Å². The first-order chi connectivity index (χ1) is 15.5. The molecular weight excluding hydrogens is 434 g/mol. The summed E-state index contributed by atoms with van der Waals surface area (Å²) >= 11 is 5.89. The van der Waals surface area contributed by atoms with Gasteiger partial charge in [-0.3, -0.25) is 9.59 Å². The first kappa shape index (κ1) is 22.1. The number of morpholine rings is 1. The van der Waals surface area contributed by atoms with Crippen LogP contribution in [0.15, 0.2) is 48.5 Å². The Bertz CT molecular complexity index is 983. The van der Waals surface area contributed by atoms with Gasteiger partial charge in [0.05, 0.1) is 6.61 Å². The molecule has 2 aliphatic rings. The number of anilines is 3. The van der Waals surface area contributed by atoms with Crippen LogP contribution in [0.3, 0.4) is 0 Å². The second kappa shape index (κ2) is 9.99. The van der Waals surface area contributed by atoms with Crippen LogP contribution in [0.1, 0.15) is 0 Å². The van der Waals surface area contributed by atoms with E-state index in [0.717, 1.165) is 5.69 Å². The molecule has 2 fully saturated rings. The first-order valence-corrected chi connectivity index (χ1v) is 10.7. The summed E-state index contributed by atoms with van der Waals surface area (Å²) < 4.78 is 5.15. The molecule has 0 bridgehead atoms. The molecule has 32 heavy (non-hydrogen) atoms. The lowest BCUT2D eigenvalue weighted by atomic mass is 10.1. The molecule has 168 valence electrons. The molecule has 2 saturated heterocycles. The van der Waals surface area contributed by atoms with Crippen molar-refractivity contribution < 1.29 is 19.1 Å². The number of nitrogens with zero attached hydrogens (tertiary/aromatic N) is 2. The Balaban J connectivity index is 1.40. The largest absolute Gasteiger partial charge is 0.370 e. The van der Waals surface area contributed by atoms with Crippen molar-refractivity contribution in [2.75, 3.05) is 54.9 Å². The van der Waals surface area contributed by atoms with Crippen molar-refractivity contribution in [3.8, 4) is 0 Å². The Morgan fingerprint density at radius 3 is 2.41 bits per heavy atom. The molecule has 0 radical (unpaired) electrons. The summed E-state index contributed by atoms with van der Waals surface area (Å²) in [5.74, 6) is -0.387. The first-order valence-electron chi connectivity index (χ1n) is 10.3. The van der Waals surface area contributed by atoms with E-state index in [1.807, 2.05) is 0 Å². The lowest BCUT2D eigenvalue weighted by molar-refractivity contribution is -0.125. The Morgan fingerprint density at radius 2 is 1.69 bits per heavy atom. The molecule has 4 rings (SSSR count). The predicted octanol–water partition coefficient (Wildman–Crippen LogP) is 2.15. The number of piperazine rings is 1. The van der Waals surface area contributed by atoms with Gasteiger partial charge in [-0.25, -0.2) is 4.79 Å². The summed E-state index contributed by atoms with van der Waals surface area (Å²) in [4.78, 5) is 40.9. The summed E-state index contributed by atoms with van der Waals surface area (Å²) in [5, 5.41) is 9.41. The number of carbonyl (C=O) groups excluding carboxylic acids is 3. The van der Waals surface area contributed by atoms with Crippen LogP contribution >= 0.6 is 11.6 Å². The fraction of sp³-hybridized carbons (Fsp3) is 0.318. The molecule has 2 heterocycles. The van der Waals surface area contributed by atoms with E-state index in [4.69, 9.17) is 16.3 Å². The Morgan fingerprint density at radius 1 is 1.00 bits per heavy atom. The Hall–Kier alpha value is -3.14. The van der Waals surface area contributed by atoms with E-state index in [9.17, 15) is 14.4 Å². The Kier molecular flexibility index (Phi) is 6.89. The molecule has 9 nitrogen and oxygen atoms in total. The minimum absolute atomic E-state index is 0.0705. The highest BCUT2D eigenvalue weighted by Crippen LogP contribution is 2.21. The molecular formula is C22H24ClN5O4. The van der Waals surface area contributed by atoms with Gasteiger partial charge in [-0.2, -0.15) is 0 Å². The second-order valence-electron chi connectivity index (χ2n) is 7.48. The fourth-order valence-corrected chi connectivity index (χ4v) is 3.78. The van der Waals surface area contributed by atoms with Crippen LogP contribution in [0.25, 0.3) is 0 Å². The van der Waals surface area contributed by atoms with Crippen molar-refractivity contribution in [3.63, 3.8) is 0 Å². The van der Waals surface area contributed by atoms with Crippen LogP contribution in [0.2, 0.25) is 5.02 Å². The standard InChI is InChI=1S/C22H24ClN5O4/c23-15-1-3-17(4-2-15)26-22(31)28-10-9-24-13-19(28)21(30)25-16-5-7-18(8-6-16)27-11-12-32-14-20(27)29/h1-8,19,24H,9-14H2,(H,25,30)(H,26,31). The molecule has 0 spiro atoms. The van der Waals surface area contributed by atoms with Gasteiger partial charge in [-0.15, -0.1) is 0 Å². The third-order valence-corrected chi connectivity index (χ3v) is 5.59. The van der Waals surface area contributed by atoms with Gasteiger partial charge in [0.2, 0.25) is 5.91 Å². The quantitative estimate of drug-likeness (QED) is 0.652. The van der Waals surface area contributed by atoms with Crippen molar-refractivity contribution in [1.29, 1.82) is 0 Å². The molecule has 0 aliphatic carbocycles. The summed E-state index contributed by atoms with van der Waals surface area (Å²) in [7, 11) is 0. The summed E-state index contributed by atoms with van der Waals surface area (Å²) in [6.07, 6.45) is 0. The topological polar surface area (TPSA) is 103 Å². The number of halogens is 1. The predicted molar refractivity (Wildman–Crippen MR) is 122 cm³/mol. The molecule has 3 N–H and O–H groups in total. The van der Waals surface area contributed by atoms with Crippen LogP contribution in [-0.4, -0.2) is 68.2 Å². The van der Waals surface area contributed by atoms with Gasteiger partial charge in [0.1, 0.15) is 12.6 Å². The van der Waals surface area contributed by atoms with E-state index in [1.54, 1.807) is 53.4 Å². The number of urea groups is 1. The van der Waals surface area contributed by atoms with Gasteiger partial charge < -0.3 is 30.5 Å². The zero-order valence-corrected chi connectivity index (χ0v) is 18.1. The lowest BCUT2D eigenvalue weighted by Crippen LogP contribution is -2.59. The minimum Gasteiger partial charge on any atom is -0.370 e. The highest BCUT2D eigenvalue weighted by atomic mass is 35.5. The smallest absolute Gasteiger partial charge is 0.322 e. The number of rotatable bonds is 4. The average Bonchev–Trinajstić information content (AvgIpc) is 2.81. The maximum absolute atomic E-state index is 12.9. The molecule has 4 amide bonds. The van der Waals surface area contributed by atoms with Gasteiger partial charge in [0.25, 0.3) is 5.91 Å². The van der Waals surface area contributed by atoms with Crippen molar-refractivity contribution in [3.05, 3.63) is 53.6 Å². The average molecular weight is 458 g/mol. The molecule has 0 saturated carbocycles. The normalized spacial score (nSPS) is 18.9. The van der Waals surface area contributed by atoms with E-state index >= 15 is 0 Å². The number of hydrogen-bond donors (Lipinski definition) is 3. The highest BCUT2D eigenvalue weighted by Gasteiger charge is 2.32. The van der Waals surface area contributed by atoms with Crippen molar-refractivity contribution >= 4 is 46.5 Å². The number of benzene rings is 2. The zero-order valence-electron chi connectivity index (χ0n) is 17.3. The van der Waals surface area contributed by atoms with Crippen molar-refractivity contribution in [2.45, 2.75) is 6.04 Å². The maximum atomic E-state index is 12.9. The maximum Gasteiger partial charge on any atom is 0.322 e. The number of carbonyl (C=O) groups is 3. The fourth-order valence-electron chi connectivity index (χ4n) is 3.65. The second-order valence-corrected chi connectivity index (χ2v) is 7.92. The third-order valence-electron chi connectivity index (χ3n) is 5.33. The summed E-state index contributed by atoms with van der Waals surface area (Å²) in [6.45, 7) is 2.40. The summed E-state index contributed by atoms with van der Waals surface area (Å²) in [5.41, 5.74) is 1.94. The SMILES string of the molecule is O=C(Nc1ccc(N2CCOCC2=O)cc1)C1CNCCN1C(=O)Nc1ccc(Cl)cc1. The van der Waals surface area contributed by atoms with Gasteiger partial charge >= 0.3 is 6.03 Å². The van der Waals surface area contributed by atoms with E-state index in [-0.39, 0.29) is 24.5 Å². The summed E-state index contributed by atoms with van der Waals surface area (Å²) in [6, 6.07) is 12.8. The third kappa shape index (κ3) is 5.18. The van der Waals surface area contributed by atoms with Crippen LogP contribution < -0.4 is 20.9 Å². The number of amides is 4. The van der Waals surface area contributed by atoms with Gasteiger partial charge in [-0.1, -0.05) is 11.6 Å². The zero-order chi connectivity index (χ0) is 22.5. The van der Waals surface area contributed by atoms with Crippen LogP contribution in [-0.2, 0) is 14.3 Å². The number of hydrogen-bond acceptors (Lipinski definition) is 5. The van der Waals surface area contributed by atoms with E-state index in [2.05, 4.69) is 16.0 Å². The van der Waals surface area contributed by atoms with Crippen LogP contribution in [0, 0.1) is 0 Å². The highest BCUT2D eigenvalue weighted by molar-refractivity contribution is 6.30. The molecule has 2 aromatic carbocycles. The van der Waals surface area contributed by atoms with E-state index < -0.39 is 6.04 Å². The lowest BCUT2D eigenvalue weighted by Gasteiger charge is -2.35. The molecule has 1 unspecified atom stereocenters. The van der Waals surface area contributed by atoms with E-state index in [1.165, 1.54) is 4.90 Å². The molecule has 2 aromatic rings. The van der Waals surface area contributed by atoms with Crippen LogP contribution in [0.5, 0.6) is 0 Å². The molecule has 10 heteroatoms. The number of nitrogens with one attached hydrogen (secondary N) is 3. The molecule has 1 atom stereocenters. The van der Waals surface area contributed by atoms with Crippen LogP contribution in [0.4, 0.5) is 21.9 Å². The molecule has 0 aromatic heterocycles. The number of ether oxygens (including phenoxy) is 1. The van der Waals surface area contributed by atoms with Gasteiger partial charge in [-0.05, 0) is 48.5 Å². The minimum atomic E-state index is -0.670. The molecule has 2 aliphatic heterocycles. The van der Waals surface area contributed by atoms with Gasteiger partial charge in [0, 0.05) is 48.3 Å². The monoisotopic (exact) mass is 457 g/mol. The van der Waals surface area contributed by atoms with Crippen molar-refractivity contribution in [1.82, 2.24) is 10.2 Å². The van der Waals surface area contributed by atoms with E-state index in [0.29, 0.717) is 49.2 Å².